The molecular weight excluding hydrogens is 198 g/mol. The molecule has 0 aromatic carbocycles. The number of aliphatic carboxylic acids is 1. The first-order chi connectivity index (χ1) is 5.20. The van der Waals surface area contributed by atoms with E-state index in [-0.39, 0.29) is 30.8 Å². The summed E-state index contributed by atoms with van der Waals surface area (Å²) in [5.41, 5.74) is 5.75. The van der Waals surface area contributed by atoms with Gasteiger partial charge in [-0.05, 0) is 23.8 Å². The van der Waals surface area contributed by atoms with Crippen molar-refractivity contribution in [2.45, 2.75) is 18.9 Å². The Morgan fingerprint density at radius 2 is 2.33 bits per heavy atom. The highest BCUT2D eigenvalue weighted by Crippen LogP contribution is 2.24. The lowest BCUT2D eigenvalue weighted by molar-refractivity contribution is -0.138. The average Bonchev–Trinajstić information content (AvgIpc) is 1.93. The number of hydrogen-bond acceptors (Lipinski definition) is 3. The number of nitrogens with two attached hydrogens (primary N) is 1. The molecule has 12 heavy (non-hydrogen) atoms. The highest BCUT2D eigenvalue weighted by Gasteiger charge is 2.23. The Morgan fingerprint density at radius 3 is 2.83 bits per heavy atom. The van der Waals surface area contributed by atoms with Gasteiger partial charge in [0.2, 0.25) is 0 Å². The molecule has 1 saturated heterocycles. The molecular formula is C7H14ClNO2S. The second-order valence-corrected chi connectivity index (χ2v) is 4.04. The zero-order chi connectivity index (χ0) is 8.27. The van der Waals surface area contributed by atoms with Crippen LogP contribution in [-0.2, 0) is 4.79 Å². The molecule has 0 aromatic rings. The van der Waals surface area contributed by atoms with Crippen LogP contribution in [0.1, 0.15) is 12.8 Å². The fourth-order valence-electron chi connectivity index (χ4n) is 1.25. The van der Waals surface area contributed by atoms with E-state index in [1.165, 1.54) is 0 Å². The molecule has 2 atom stereocenters. The van der Waals surface area contributed by atoms with Crippen LogP contribution >= 0.6 is 24.2 Å². The molecule has 0 radical (unpaired) electrons. The number of halogens is 1. The summed E-state index contributed by atoms with van der Waals surface area (Å²) >= 11 is 1.81. The van der Waals surface area contributed by atoms with Crippen LogP contribution < -0.4 is 5.73 Å². The van der Waals surface area contributed by atoms with Gasteiger partial charge in [0.15, 0.2) is 0 Å². The van der Waals surface area contributed by atoms with Crippen molar-refractivity contribution in [1.29, 1.82) is 0 Å². The Bertz CT molecular complexity index is 156. The van der Waals surface area contributed by atoms with E-state index in [0.29, 0.717) is 0 Å². The van der Waals surface area contributed by atoms with Crippen LogP contribution in [0.2, 0.25) is 0 Å². The number of carboxylic acids is 1. The zero-order valence-corrected chi connectivity index (χ0v) is 8.37. The van der Waals surface area contributed by atoms with Crippen LogP contribution in [0.25, 0.3) is 0 Å². The summed E-state index contributed by atoms with van der Waals surface area (Å²) in [5.74, 6) is 1.45. The third-order valence-electron chi connectivity index (χ3n) is 1.97. The molecule has 3 N–H and O–H groups in total. The van der Waals surface area contributed by atoms with Gasteiger partial charge in [0, 0.05) is 6.04 Å². The Kier molecular flexibility index (Phi) is 5.70. The summed E-state index contributed by atoms with van der Waals surface area (Å²) in [6, 6.07) is 0.104. The van der Waals surface area contributed by atoms with Crippen LogP contribution in [0.5, 0.6) is 0 Å². The van der Waals surface area contributed by atoms with Crippen LogP contribution in [0, 0.1) is 5.92 Å². The van der Waals surface area contributed by atoms with Crippen molar-refractivity contribution in [3.05, 3.63) is 0 Å². The van der Waals surface area contributed by atoms with Crippen LogP contribution in [0.3, 0.4) is 0 Å². The van der Waals surface area contributed by atoms with Gasteiger partial charge in [0.25, 0.3) is 0 Å². The lowest BCUT2D eigenvalue weighted by Gasteiger charge is -2.26. The molecule has 0 spiro atoms. The third-order valence-corrected chi connectivity index (χ3v) is 3.16. The predicted octanol–water partition coefficient (Wildman–Crippen LogP) is 0.963. The second-order valence-electron chi connectivity index (χ2n) is 2.89. The molecule has 5 heteroatoms. The van der Waals surface area contributed by atoms with E-state index >= 15 is 0 Å². The smallest absolute Gasteiger partial charge is 0.303 e. The highest BCUT2D eigenvalue weighted by molar-refractivity contribution is 7.99. The lowest BCUT2D eigenvalue weighted by atomic mass is 9.96. The Labute approximate surface area is 82.5 Å². The Balaban J connectivity index is 0.00000121. The van der Waals surface area contributed by atoms with Crippen molar-refractivity contribution in [3.63, 3.8) is 0 Å². The van der Waals surface area contributed by atoms with Crippen LogP contribution in [0.4, 0.5) is 0 Å². The molecule has 1 rings (SSSR count). The summed E-state index contributed by atoms with van der Waals surface area (Å²) in [6.07, 6.45) is 1.19. The van der Waals surface area contributed by atoms with Gasteiger partial charge in [-0.25, -0.2) is 0 Å². The van der Waals surface area contributed by atoms with Crippen LogP contribution in [-0.4, -0.2) is 28.6 Å². The summed E-state index contributed by atoms with van der Waals surface area (Å²) in [6.45, 7) is 0. The van der Waals surface area contributed by atoms with Crippen molar-refractivity contribution in [1.82, 2.24) is 0 Å². The fraction of sp³-hybridized carbons (Fsp3) is 0.857. The summed E-state index contributed by atoms with van der Waals surface area (Å²) < 4.78 is 0. The quantitative estimate of drug-likeness (QED) is 0.715. The molecule has 1 fully saturated rings. The summed E-state index contributed by atoms with van der Waals surface area (Å²) in [7, 11) is 0. The molecule has 1 aliphatic heterocycles. The van der Waals surface area contributed by atoms with E-state index < -0.39 is 5.97 Å². The van der Waals surface area contributed by atoms with Crippen molar-refractivity contribution < 1.29 is 9.90 Å². The number of carbonyl (C=O) groups is 1. The highest BCUT2D eigenvalue weighted by atomic mass is 35.5. The molecule has 2 unspecified atom stereocenters. The van der Waals surface area contributed by atoms with Crippen LogP contribution in [0.15, 0.2) is 0 Å². The monoisotopic (exact) mass is 211 g/mol. The molecule has 1 aliphatic rings. The van der Waals surface area contributed by atoms with Crippen molar-refractivity contribution in [2.75, 3.05) is 11.5 Å². The van der Waals surface area contributed by atoms with Gasteiger partial charge in [0.05, 0.1) is 6.42 Å². The van der Waals surface area contributed by atoms with Gasteiger partial charge in [-0.15, -0.1) is 12.4 Å². The second kappa shape index (κ2) is 5.67. The number of carboxylic acid groups (broad SMARTS) is 1. The minimum atomic E-state index is -0.729. The molecule has 0 saturated carbocycles. The van der Waals surface area contributed by atoms with Crippen molar-refractivity contribution in [2.24, 2.45) is 11.7 Å². The molecule has 0 aliphatic carbocycles. The summed E-state index contributed by atoms with van der Waals surface area (Å²) in [4.78, 5) is 10.3. The van der Waals surface area contributed by atoms with E-state index in [1.54, 1.807) is 11.8 Å². The van der Waals surface area contributed by atoms with Gasteiger partial charge in [0.1, 0.15) is 0 Å². The molecule has 72 valence electrons. The van der Waals surface area contributed by atoms with Gasteiger partial charge in [-0.3, -0.25) is 4.79 Å². The first-order valence-electron chi connectivity index (χ1n) is 3.75. The standard InChI is InChI=1S/C7H13NO2S.ClH/c8-6-1-2-11-4-5(6)3-7(9)10;/h5-6H,1-4,8H2,(H,9,10);1H. The third kappa shape index (κ3) is 3.65. The topological polar surface area (TPSA) is 63.3 Å². The van der Waals surface area contributed by atoms with Gasteiger partial charge < -0.3 is 10.8 Å². The molecule has 0 amide bonds. The van der Waals surface area contributed by atoms with Crippen molar-refractivity contribution in [3.8, 4) is 0 Å². The van der Waals surface area contributed by atoms with E-state index in [0.717, 1.165) is 17.9 Å². The SMILES string of the molecule is Cl.NC1CCSCC1CC(=O)O. The first-order valence-corrected chi connectivity index (χ1v) is 4.90. The maximum Gasteiger partial charge on any atom is 0.303 e. The van der Waals surface area contributed by atoms with Gasteiger partial charge in [-0.1, -0.05) is 0 Å². The fourth-order valence-corrected chi connectivity index (χ4v) is 2.52. The molecule has 0 bridgehead atoms. The van der Waals surface area contributed by atoms with E-state index in [4.69, 9.17) is 10.8 Å². The minimum Gasteiger partial charge on any atom is -0.481 e. The van der Waals surface area contributed by atoms with Crippen molar-refractivity contribution >= 4 is 30.1 Å². The zero-order valence-electron chi connectivity index (χ0n) is 6.73. The van der Waals surface area contributed by atoms with E-state index in [9.17, 15) is 4.79 Å². The molecule has 1 heterocycles. The van der Waals surface area contributed by atoms with E-state index in [2.05, 4.69) is 0 Å². The van der Waals surface area contributed by atoms with Gasteiger partial charge >= 0.3 is 5.97 Å². The Hall–Kier alpha value is 0.0700. The normalized spacial score (nSPS) is 29.1. The summed E-state index contributed by atoms with van der Waals surface area (Å²) in [5, 5.41) is 8.52. The minimum absolute atomic E-state index is 0. The maximum absolute atomic E-state index is 10.3. The maximum atomic E-state index is 10.3. The molecule has 3 nitrogen and oxygen atoms in total. The number of rotatable bonds is 2. The average molecular weight is 212 g/mol. The molecule has 0 aromatic heterocycles. The van der Waals surface area contributed by atoms with E-state index in [1.807, 2.05) is 0 Å². The Morgan fingerprint density at radius 1 is 1.67 bits per heavy atom. The number of thioether (sulfide) groups is 1. The number of hydrogen-bond donors (Lipinski definition) is 2. The first kappa shape index (κ1) is 12.1. The lowest BCUT2D eigenvalue weighted by Crippen LogP contribution is -2.36. The van der Waals surface area contributed by atoms with Gasteiger partial charge in [-0.2, -0.15) is 11.8 Å². The largest absolute Gasteiger partial charge is 0.481 e. The predicted molar refractivity (Wildman–Crippen MR) is 52.9 cm³/mol.